The number of likely N-dealkylation sites (tertiary alicyclic amines) is 1. The molecule has 3 rings (SSSR count). The van der Waals surface area contributed by atoms with Gasteiger partial charge in [-0.2, -0.15) is 0 Å². The van der Waals surface area contributed by atoms with Crippen LogP contribution in [0.1, 0.15) is 86.0 Å². The lowest BCUT2D eigenvalue weighted by atomic mass is 9.45. The van der Waals surface area contributed by atoms with Crippen molar-refractivity contribution in [1.82, 2.24) is 4.90 Å². The third-order valence-electron chi connectivity index (χ3n) is 9.14. The number of allylic oxidation sites excluding steroid dienone is 1. The van der Waals surface area contributed by atoms with Crippen LogP contribution in [0.5, 0.6) is 0 Å². The fourth-order valence-electron chi connectivity index (χ4n) is 7.30. The van der Waals surface area contributed by atoms with Crippen LogP contribution < -0.4 is 0 Å². The molecule has 0 aromatic carbocycles. The first-order valence-electron chi connectivity index (χ1n) is 12.9. The van der Waals surface area contributed by atoms with Crippen molar-refractivity contribution in [2.75, 3.05) is 13.1 Å². The molecule has 0 bridgehead atoms. The number of nitrogens with zero attached hydrogens (tertiary/aromatic N) is 1. The topological polar surface area (TPSA) is 87.1 Å². The van der Waals surface area contributed by atoms with Crippen LogP contribution in [0.15, 0.2) is 12.7 Å². The first kappa shape index (κ1) is 26.4. The number of ketones is 1. The fraction of sp³-hybridized carbons (Fsp3) is 0.852. The molecule has 2 N–H and O–H groups in total. The molecule has 1 aliphatic heterocycles. The van der Waals surface area contributed by atoms with E-state index >= 15 is 0 Å². The largest absolute Gasteiger partial charge is 0.461 e. The summed E-state index contributed by atoms with van der Waals surface area (Å²) >= 11 is 0. The second-order valence-electron chi connectivity index (χ2n) is 12.0. The fourth-order valence-corrected chi connectivity index (χ4v) is 7.30. The molecule has 0 aromatic rings. The van der Waals surface area contributed by atoms with E-state index in [0.29, 0.717) is 13.0 Å². The Bertz CT molecular complexity index is 747. The minimum atomic E-state index is -1.96. The van der Waals surface area contributed by atoms with E-state index in [1.165, 1.54) is 4.90 Å². The van der Waals surface area contributed by atoms with Gasteiger partial charge in [-0.3, -0.25) is 9.59 Å². The molecule has 2 aliphatic carbocycles. The molecule has 2 saturated carbocycles. The first-order valence-corrected chi connectivity index (χ1v) is 12.9. The zero-order valence-electron chi connectivity index (χ0n) is 21.3. The van der Waals surface area contributed by atoms with Gasteiger partial charge in [-0.05, 0) is 54.8 Å². The Balaban J connectivity index is 1.82. The maximum Gasteiger partial charge on any atom is 0.320 e. The second-order valence-corrected chi connectivity index (χ2v) is 12.0. The van der Waals surface area contributed by atoms with Crippen molar-refractivity contribution in [2.24, 2.45) is 34.5 Å². The summed E-state index contributed by atoms with van der Waals surface area (Å²) in [4.78, 5) is 27.9. The molecule has 0 radical (unpaired) electrons. The summed E-state index contributed by atoms with van der Waals surface area (Å²) < 4.78 is 6.02. The molecule has 6 atom stereocenters. The van der Waals surface area contributed by atoms with Crippen LogP contribution >= 0.6 is 0 Å². The number of Topliss-reactive ketones (excluding diaryl/α,β-unsaturated/α-hetero) is 1. The summed E-state index contributed by atoms with van der Waals surface area (Å²) in [6, 6.07) is 0. The van der Waals surface area contributed by atoms with Gasteiger partial charge in [0.25, 0.3) is 0 Å². The van der Waals surface area contributed by atoms with E-state index < -0.39 is 11.9 Å². The van der Waals surface area contributed by atoms with Gasteiger partial charge in [0.05, 0.1) is 0 Å². The van der Waals surface area contributed by atoms with E-state index in [2.05, 4.69) is 34.3 Å². The average Bonchev–Trinajstić information content (AvgIpc) is 2.70. The number of hydrogen-bond acceptors (Lipinski definition) is 6. The lowest BCUT2D eigenvalue weighted by Crippen LogP contribution is -2.58. The molecule has 1 heterocycles. The van der Waals surface area contributed by atoms with E-state index in [1.807, 2.05) is 13.0 Å². The van der Waals surface area contributed by atoms with Crippen molar-refractivity contribution in [3.05, 3.63) is 12.7 Å². The molecule has 6 heteroatoms. The van der Waals surface area contributed by atoms with Crippen LogP contribution in [0.4, 0.5) is 0 Å². The molecule has 0 unspecified atom stereocenters. The molecule has 6 nitrogen and oxygen atoms in total. The highest BCUT2D eigenvalue weighted by atomic mass is 16.6. The zero-order chi connectivity index (χ0) is 24.6. The maximum absolute atomic E-state index is 13.6. The van der Waals surface area contributed by atoms with Crippen LogP contribution in [0.3, 0.4) is 0 Å². The Kier molecular flexibility index (Phi) is 7.82. The quantitative estimate of drug-likeness (QED) is 0.333. The van der Waals surface area contributed by atoms with Gasteiger partial charge < -0.3 is 14.9 Å². The van der Waals surface area contributed by atoms with Gasteiger partial charge in [0.2, 0.25) is 5.91 Å². The van der Waals surface area contributed by atoms with Gasteiger partial charge in [0.1, 0.15) is 18.4 Å². The molecule has 0 spiro atoms. The summed E-state index contributed by atoms with van der Waals surface area (Å²) in [5, 5.41) is 20.5. The number of aliphatic hydroxyl groups is 2. The molecular formula is C27H45NO5. The number of carbonyl (C=O) groups excluding carboxylic acids is 2. The minimum absolute atomic E-state index is 0.0681. The highest BCUT2D eigenvalue weighted by Gasteiger charge is 2.59. The molecule has 3 fully saturated rings. The van der Waals surface area contributed by atoms with Gasteiger partial charge in [0.15, 0.2) is 0 Å². The van der Waals surface area contributed by atoms with Gasteiger partial charge in [-0.25, -0.2) is 4.90 Å². The van der Waals surface area contributed by atoms with Crippen LogP contribution in [-0.4, -0.2) is 52.0 Å². The van der Waals surface area contributed by atoms with Crippen molar-refractivity contribution >= 4 is 11.8 Å². The van der Waals surface area contributed by atoms with Gasteiger partial charge in [-0.15, -0.1) is 6.58 Å². The predicted molar refractivity (Wildman–Crippen MR) is 128 cm³/mol. The van der Waals surface area contributed by atoms with Gasteiger partial charge >= 0.3 is 5.97 Å². The maximum atomic E-state index is 13.6. The van der Waals surface area contributed by atoms with E-state index in [-0.39, 0.29) is 59.4 Å². The highest BCUT2D eigenvalue weighted by Crippen LogP contribution is 2.62. The molecule has 1 saturated heterocycles. The molecular weight excluding hydrogens is 418 g/mol. The first-order chi connectivity index (χ1) is 15.3. The second kappa shape index (κ2) is 9.79. The Morgan fingerprint density at radius 1 is 1.15 bits per heavy atom. The van der Waals surface area contributed by atoms with Crippen molar-refractivity contribution in [2.45, 2.75) is 98.0 Å². The normalized spacial score (nSPS) is 36.9. The summed E-state index contributed by atoms with van der Waals surface area (Å²) in [7, 11) is 0. The molecule has 0 amide bonds. The molecule has 0 aromatic heterocycles. The molecule has 188 valence electrons. The third kappa shape index (κ3) is 5.38. The van der Waals surface area contributed by atoms with E-state index in [9.17, 15) is 19.8 Å². The number of ether oxygens (including phenoxy) is 1. The Morgan fingerprint density at radius 3 is 2.48 bits per heavy atom. The average molecular weight is 464 g/mol. The van der Waals surface area contributed by atoms with Crippen LogP contribution in [0, 0.1) is 34.5 Å². The lowest BCUT2D eigenvalue weighted by Gasteiger charge is -2.60. The van der Waals surface area contributed by atoms with Crippen molar-refractivity contribution in [1.29, 1.82) is 0 Å². The SMILES string of the molecule is C=C[C@@H](C)CC(=O)[C@H]1[C@@H](C)[C@@H](OC(=O)CN2CCCCC2(O)O)C[C@H]2C(C)(C)CCC[C@]12C. The smallest absolute Gasteiger partial charge is 0.320 e. The van der Waals surface area contributed by atoms with Crippen molar-refractivity contribution < 1.29 is 24.5 Å². The standard InChI is InChI=1S/C27H45NO5/c1-7-18(2)15-20(29)24-19(3)21(16-22-25(4,5)11-10-12-26(22,24)6)33-23(30)17-28-14-9-8-13-27(28,31)32/h7,18-19,21-22,24,31-32H,1,8-17H2,2-6H3/t18-,19+,21+,22+,24-,26+/m1/s1. The Labute approximate surface area is 199 Å². The number of esters is 1. The molecule has 3 aliphatic rings. The van der Waals surface area contributed by atoms with E-state index in [4.69, 9.17) is 4.74 Å². The van der Waals surface area contributed by atoms with Gasteiger partial charge in [0, 0.05) is 31.2 Å². The minimum Gasteiger partial charge on any atom is -0.461 e. The van der Waals surface area contributed by atoms with Crippen LogP contribution in [-0.2, 0) is 14.3 Å². The van der Waals surface area contributed by atoms with Gasteiger partial charge in [-0.1, -0.05) is 47.1 Å². The summed E-state index contributed by atoms with van der Waals surface area (Å²) in [6.07, 6.45) is 7.72. The summed E-state index contributed by atoms with van der Waals surface area (Å²) in [5.41, 5.74) is -0.0428. The number of fused-ring (bicyclic) bond motifs is 1. The summed E-state index contributed by atoms with van der Waals surface area (Å²) in [6.45, 7) is 15.1. The molecule has 33 heavy (non-hydrogen) atoms. The number of piperidine rings is 1. The number of hydrogen-bond donors (Lipinski definition) is 2. The Morgan fingerprint density at radius 2 is 1.85 bits per heavy atom. The van der Waals surface area contributed by atoms with Crippen LogP contribution in [0.25, 0.3) is 0 Å². The summed E-state index contributed by atoms with van der Waals surface area (Å²) in [5.74, 6) is -1.99. The zero-order valence-corrected chi connectivity index (χ0v) is 21.3. The third-order valence-corrected chi connectivity index (χ3v) is 9.14. The van der Waals surface area contributed by atoms with E-state index in [1.54, 1.807) is 0 Å². The highest BCUT2D eigenvalue weighted by molar-refractivity contribution is 5.83. The number of carbonyl (C=O) groups is 2. The van der Waals surface area contributed by atoms with Crippen molar-refractivity contribution in [3.63, 3.8) is 0 Å². The predicted octanol–water partition coefficient (Wildman–Crippen LogP) is 4.29. The lowest BCUT2D eigenvalue weighted by molar-refractivity contribution is -0.279. The Hall–Kier alpha value is -1.24. The van der Waals surface area contributed by atoms with Crippen LogP contribution in [0.2, 0.25) is 0 Å². The number of rotatable bonds is 7. The van der Waals surface area contributed by atoms with E-state index in [0.717, 1.165) is 38.5 Å². The van der Waals surface area contributed by atoms with Crippen molar-refractivity contribution in [3.8, 4) is 0 Å². The monoisotopic (exact) mass is 463 g/mol.